The molecule has 0 spiro atoms. The summed E-state index contributed by atoms with van der Waals surface area (Å²) in [4.78, 5) is 4.79. The Kier molecular flexibility index (Phi) is 6.50. The van der Waals surface area contributed by atoms with Gasteiger partial charge in [0.05, 0.1) is 24.8 Å². The van der Waals surface area contributed by atoms with Crippen molar-refractivity contribution in [3.8, 4) is 17.2 Å². The third-order valence-corrected chi connectivity index (χ3v) is 4.95. The molecule has 0 amide bonds. The Morgan fingerprint density at radius 3 is 2.23 bits per heavy atom. The molecule has 0 aliphatic heterocycles. The van der Waals surface area contributed by atoms with Crippen molar-refractivity contribution >= 4 is 11.0 Å². The van der Waals surface area contributed by atoms with Gasteiger partial charge in [-0.3, -0.25) is 0 Å². The van der Waals surface area contributed by atoms with E-state index in [9.17, 15) is 0 Å². The maximum atomic E-state index is 5.95. The highest BCUT2D eigenvalue weighted by atomic mass is 16.5. The number of nitrogens with zero attached hydrogens (tertiary/aromatic N) is 2. The Hall–Kier alpha value is -3.47. The van der Waals surface area contributed by atoms with E-state index in [0.717, 1.165) is 53.5 Å². The quantitative estimate of drug-likeness (QED) is 0.329. The van der Waals surface area contributed by atoms with Gasteiger partial charge < -0.3 is 18.8 Å². The van der Waals surface area contributed by atoms with Crippen LogP contribution in [0.25, 0.3) is 11.0 Å². The van der Waals surface area contributed by atoms with Crippen LogP contribution in [0.5, 0.6) is 17.2 Å². The SMILES string of the molecule is COc1ccc(OCCCCn2c(COc3ccccc3)nc3ccccc32)cc1. The van der Waals surface area contributed by atoms with E-state index in [1.54, 1.807) is 7.11 Å². The van der Waals surface area contributed by atoms with Crippen molar-refractivity contribution in [1.29, 1.82) is 0 Å². The lowest BCUT2D eigenvalue weighted by atomic mass is 10.3. The van der Waals surface area contributed by atoms with Gasteiger partial charge in [-0.05, 0) is 61.4 Å². The molecule has 1 aromatic heterocycles. The van der Waals surface area contributed by atoms with Crippen molar-refractivity contribution in [1.82, 2.24) is 9.55 Å². The largest absolute Gasteiger partial charge is 0.497 e. The number of aromatic nitrogens is 2. The average Bonchev–Trinajstić information content (AvgIpc) is 3.16. The smallest absolute Gasteiger partial charge is 0.147 e. The summed E-state index contributed by atoms with van der Waals surface area (Å²) < 4.78 is 19.2. The molecule has 5 heteroatoms. The van der Waals surface area contributed by atoms with Crippen LogP contribution >= 0.6 is 0 Å². The van der Waals surface area contributed by atoms with Crippen LogP contribution in [0.4, 0.5) is 0 Å². The van der Waals surface area contributed by atoms with Gasteiger partial charge >= 0.3 is 0 Å². The highest BCUT2D eigenvalue weighted by Gasteiger charge is 2.11. The number of imidazole rings is 1. The minimum atomic E-state index is 0.445. The number of benzene rings is 3. The molecular formula is C25H26N2O3. The number of ether oxygens (including phenoxy) is 3. The second-order valence-electron chi connectivity index (χ2n) is 7.00. The lowest BCUT2D eigenvalue weighted by molar-refractivity contribution is 0.285. The Morgan fingerprint density at radius 2 is 1.43 bits per heavy atom. The zero-order valence-corrected chi connectivity index (χ0v) is 17.2. The number of methoxy groups -OCH3 is 1. The highest BCUT2D eigenvalue weighted by molar-refractivity contribution is 5.75. The molecule has 0 atom stereocenters. The van der Waals surface area contributed by atoms with Crippen molar-refractivity contribution in [2.45, 2.75) is 26.0 Å². The third kappa shape index (κ3) is 4.92. The molecule has 4 aromatic rings. The zero-order chi connectivity index (χ0) is 20.6. The summed E-state index contributed by atoms with van der Waals surface area (Å²) in [7, 11) is 1.66. The minimum Gasteiger partial charge on any atom is -0.497 e. The van der Waals surface area contributed by atoms with E-state index in [1.807, 2.05) is 66.7 Å². The predicted molar refractivity (Wildman–Crippen MR) is 118 cm³/mol. The standard InChI is InChI=1S/C25H26N2O3/c1-28-20-13-15-22(16-14-20)29-18-8-7-17-27-24-12-6-5-11-23(24)26-25(27)19-30-21-9-3-2-4-10-21/h2-6,9-16H,7-8,17-19H2,1H3. The Balaban J connectivity index is 1.35. The van der Waals surface area contributed by atoms with Gasteiger partial charge in [0, 0.05) is 6.54 Å². The van der Waals surface area contributed by atoms with Crippen LogP contribution in [0, 0.1) is 0 Å². The van der Waals surface area contributed by atoms with E-state index in [4.69, 9.17) is 19.2 Å². The molecule has 3 aromatic carbocycles. The van der Waals surface area contributed by atoms with Crippen LogP contribution in [-0.2, 0) is 13.2 Å². The van der Waals surface area contributed by atoms with Gasteiger partial charge in [-0.25, -0.2) is 4.98 Å². The van der Waals surface area contributed by atoms with Gasteiger partial charge in [0.1, 0.15) is 29.7 Å². The van der Waals surface area contributed by atoms with E-state index in [0.29, 0.717) is 13.2 Å². The molecule has 4 rings (SSSR count). The number of para-hydroxylation sites is 3. The highest BCUT2D eigenvalue weighted by Crippen LogP contribution is 2.20. The van der Waals surface area contributed by atoms with E-state index in [1.165, 1.54) is 0 Å². The van der Waals surface area contributed by atoms with Crippen LogP contribution in [0.15, 0.2) is 78.9 Å². The molecule has 0 unspecified atom stereocenters. The molecule has 0 aliphatic rings. The number of rotatable bonds is 10. The molecule has 30 heavy (non-hydrogen) atoms. The first-order valence-corrected chi connectivity index (χ1v) is 10.2. The van der Waals surface area contributed by atoms with E-state index in [-0.39, 0.29) is 0 Å². The summed E-state index contributed by atoms with van der Waals surface area (Å²) in [5, 5.41) is 0. The van der Waals surface area contributed by atoms with E-state index >= 15 is 0 Å². The van der Waals surface area contributed by atoms with Gasteiger partial charge in [-0.1, -0.05) is 30.3 Å². The zero-order valence-electron chi connectivity index (χ0n) is 17.2. The van der Waals surface area contributed by atoms with Gasteiger partial charge in [-0.2, -0.15) is 0 Å². The summed E-state index contributed by atoms with van der Waals surface area (Å²) in [6.45, 7) is 2.00. The second kappa shape index (κ2) is 9.83. The molecule has 5 nitrogen and oxygen atoms in total. The fourth-order valence-electron chi connectivity index (χ4n) is 3.38. The normalized spacial score (nSPS) is 10.8. The van der Waals surface area contributed by atoms with Crippen molar-refractivity contribution in [3.63, 3.8) is 0 Å². The fourth-order valence-corrected chi connectivity index (χ4v) is 3.38. The molecule has 0 bridgehead atoms. The monoisotopic (exact) mass is 402 g/mol. The van der Waals surface area contributed by atoms with Gasteiger partial charge in [0.2, 0.25) is 0 Å². The first-order valence-electron chi connectivity index (χ1n) is 10.2. The summed E-state index contributed by atoms with van der Waals surface area (Å²) in [6.07, 6.45) is 1.95. The molecule has 154 valence electrons. The van der Waals surface area contributed by atoms with Gasteiger partial charge in [0.25, 0.3) is 0 Å². The average molecular weight is 402 g/mol. The van der Waals surface area contributed by atoms with Crippen LogP contribution in [0.1, 0.15) is 18.7 Å². The topological polar surface area (TPSA) is 45.5 Å². The fraction of sp³-hybridized carbons (Fsp3) is 0.240. The molecule has 0 radical (unpaired) electrons. The minimum absolute atomic E-state index is 0.445. The van der Waals surface area contributed by atoms with Crippen LogP contribution < -0.4 is 14.2 Å². The molecular weight excluding hydrogens is 376 g/mol. The lowest BCUT2D eigenvalue weighted by Crippen LogP contribution is -2.08. The summed E-state index contributed by atoms with van der Waals surface area (Å²) in [6, 6.07) is 25.8. The molecule has 0 saturated carbocycles. The van der Waals surface area contributed by atoms with E-state index in [2.05, 4.69) is 16.7 Å². The predicted octanol–water partition coefficient (Wildman–Crippen LogP) is 5.48. The third-order valence-electron chi connectivity index (χ3n) is 4.95. The number of fused-ring (bicyclic) bond motifs is 1. The summed E-state index contributed by atoms with van der Waals surface area (Å²) in [5.74, 6) is 3.49. The number of unbranched alkanes of at least 4 members (excludes halogenated alkanes) is 1. The van der Waals surface area contributed by atoms with Crippen LogP contribution in [-0.4, -0.2) is 23.3 Å². The van der Waals surface area contributed by atoms with Gasteiger partial charge in [0.15, 0.2) is 0 Å². The van der Waals surface area contributed by atoms with Gasteiger partial charge in [-0.15, -0.1) is 0 Å². The Morgan fingerprint density at radius 1 is 0.733 bits per heavy atom. The second-order valence-corrected chi connectivity index (χ2v) is 7.00. The summed E-state index contributed by atoms with van der Waals surface area (Å²) >= 11 is 0. The Labute approximate surface area is 176 Å². The Bertz CT molecular complexity index is 1060. The molecule has 1 heterocycles. The van der Waals surface area contributed by atoms with Crippen molar-refractivity contribution in [2.75, 3.05) is 13.7 Å². The maximum Gasteiger partial charge on any atom is 0.147 e. The summed E-state index contributed by atoms with van der Waals surface area (Å²) in [5.41, 5.74) is 2.14. The first-order chi connectivity index (χ1) is 14.8. The van der Waals surface area contributed by atoms with E-state index < -0.39 is 0 Å². The van der Waals surface area contributed by atoms with Crippen molar-refractivity contribution < 1.29 is 14.2 Å². The van der Waals surface area contributed by atoms with Crippen LogP contribution in [0.2, 0.25) is 0 Å². The molecule has 0 N–H and O–H groups in total. The number of hydrogen-bond donors (Lipinski definition) is 0. The first kappa shape index (κ1) is 19.8. The van der Waals surface area contributed by atoms with Crippen molar-refractivity contribution in [2.24, 2.45) is 0 Å². The maximum absolute atomic E-state index is 5.95. The van der Waals surface area contributed by atoms with Crippen LogP contribution in [0.3, 0.4) is 0 Å². The molecule has 0 aliphatic carbocycles. The molecule has 0 saturated heterocycles. The lowest BCUT2D eigenvalue weighted by Gasteiger charge is -2.11. The number of aryl methyl sites for hydroxylation is 1. The molecule has 0 fully saturated rings. The van der Waals surface area contributed by atoms with Crippen molar-refractivity contribution in [3.05, 3.63) is 84.7 Å². The number of hydrogen-bond acceptors (Lipinski definition) is 4.